The van der Waals surface area contributed by atoms with Crippen LogP contribution < -0.4 is 0 Å². The molecule has 0 spiro atoms. The van der Waals surface area contributed by atoms with Crippen LogP contribution in [0.1, 0.15) is 0 Å². The Morgan fingerprint density at radius 3 is 2.40 bits per heavy atom. The lowest BCUT2D eigenvalue weighted by atomic mass is 9.97. The molecule has 1 aliphatic rings. The summed E-state index contributed by atoms with van der Waals surface area (Å²) >= 11 is 0. The van der Waals surface area contributed by atoms with Crippen molar-refractivity contribution in [1.29, 1.82) is 0 Å². The van der Waals surface area contributed by atoms with Crippen molar-refractivity contribution in [2.24, 2.45) is 0 Å². The number of carbonyl (C=O) groups is 2. The van der Waals surface area contributed by atoms with E-state index in [0.717, 1.165) is 4.90 Å². The number of aliphatic hydroxyl groups is 1. The van der Waals surface area contributed by atoms with Crippen LogP contribution in [0.2, 0.25) is 0 Å². The second kappa shape index (κ2) is 1.95. The van der Waals surface area contributed by atoms with Crippen molar-refractivity contribution in [3.05, 3.63) is 0 Å². The van der Waals surface area contributed by atoms with Crippen molar-refractivity contribution in [1.82, 2.24) is 4.90 Å². The van der Waals surface area contributed by atoms with Gasteiger partial charge in [-0.15, -0.1) is 0 Å². The van der Waals surface area contributed by atoms with E-state index in [1.54, 1.807) is 0 Å². The lowest BCUT2D eigenvalue weighted by Crippen LogP contribution is -2.64. The van der Waals surface area contributed by atoms with Crippen LogP contribution in [0.5, 0.6) is 0 Å². The standard InChI is InChI=1S/C5H7NO4/c7-3-5(10)1-6(2-5)4(8)9/h3,10H,1-2H2,(H,8,9). The summed E-state index contributed by atoms with van der Waals surface area (Å²) < 4.78 is 0. The van der Waals surface area contributed by atoms with Crippen molar-refractivity contribution >= 4 is 12.4 Å². The maximum atomic E-state index is 10.1. The Morgan fingerprint density at radius 2 is 2.10 bits per heavy atom. The third kappa shape index (κ3) is 0.950. The molecule has 0 bridgehead atoms. The van der Waals surface area contributed by atoms with E-state index >= 15 is 0 Å². The fraction of sp³-hybridized carbons (Fsp3) is 0.600. The average molecular weight is 145 g/mol. The minimum Gasteiger partial charge on any atom is -0.465 e. The predicted molar refractivity (Wildman–Crippen MR) is 30.6 cm³/mol. The quantitative estimate of drug-likeness (QED) is 0.459. The molecule has 10 heavy (non-hydrogen) atoms. The van der Waals surface area contributed by atoms with Gasteiger partial charge in [0.1, 0.15) is 0 Å². The van der Waals surface area contributed by atoms with E-state index in [-0.39, 0.29) is 13.1 Å². The lowest BCUT2D eigenvalue weighted by molar-refractivity contribution is -0.139. The van der Waals surface area contributed by atoms with Crippen LogP contribution in [0.3, 0.4) is 0 Å². The predicted octanol–water partition coefficient (Wildman–Crippen LogP) is -1.09. The molecule has 1 amide bonds. The molecule has 0 radical (unpaired) electrons. The van der Waals surface area contributed by atoms with Crippen molar-refractivity contribution in [2.45, 2.75) is 5.60 Å². The summed E-state index contributed by atoms with van der Waals surface area (Å²) in [4.78, 5) is 21.1. The van der Waals surface area contributed by atoms with Gasteiger partial charge in [-0.25, -0.2) is 4.79 Å². The highest BCUT2D eigenvalue weighted by Crippen LogP contribution is 2.17. The third-order valence-corrected chi connectivity index (χ3v) is 1.42. The zero-order valence-corrected chi connectivity index (χ0v) is 5.15. The molecule has 1 rings (SSSR count). The van der Waals surface area contributed by atoms with Gasteiger partial charge >= 0.3 is 6.09 Å². The fourth-order valence-electron chi connectivity index (χ4n) is 0.825. The van der Waals surface area contributed by atoms with Crippen LogP contribution in [0.15, 0.2) is 0 Å². The first kappa shape index (κ1) is 7.01. The van der Waals surface area contributed by atoms with Crippen molar-refractivity contribution in [3.8, 4) is 0 Å². The molecular weight excluding hydrogens is 138 g/mol. The van der Waals surface area contributed by atoms with Crippen LogP contribution in [-0.2, 0) is 4.79 Å². The molecule has 1 saturated heterocycles. The molecule has 0 aromatic rings. The number of nitrogens with zero attached hydrogens (tertiary/aromatic N) is 1. The van der Waals surface area contributed by atoms with Crippen molar-refractivity contribution in [2.75, 3.05) is 13.1 Å². The molecular formula is C5H7NO4. The molecule has 5 nitrogen and oxygen atoms in total. The zero-order valence-electron chi connectivity index (χ0n) is 5.15. The van der Waals surface area contributed by atoms with Gasteiger partial charge in [0.05, 0.1) is 13.1 Å². The molecule has 0 atom stereocenters. The molecule has 0 unspecified atom stereocenters. The number of carboxylic acid groups (broad SMARTS) is 1. The average Bonchev–Trinajstić information content (AvgIpc) is 1.80. The number of hydrogen-bond donors (Lipinski definition) is 2. The first-order valence-corrected chi connectivity index (χ1v) is 2.74. The Labute approximate surface area is 56.9 Å². The highest BCUT2D eigenvalue weighted by molar-refractivity contribution is 5.73. The van der Waals surface area contributed by atoms with Gasteiger partial charge < -0.3 is 15.1 Å². The van der Waals surface area contributed by atoms with Crippen LogP contribution in [0.25, 0.3) is 0 Å². The van der Waals surface area contributed by atoms with Gasteiger partial charge in [0, 0.05) is 0 Å². The molecule has 5 heteroatoms. The summed E-state index contributed by atoms with van der Waals surface area (Å²) in [5, 5.41) is 17.2. The number of hydrogen-bond acceptors (Lipinski definition) is 3. The maximum absolute atomic E-state index is 10.1. The summed E-state index contributed by atoms with van der Waals surface area (Å²) in [5.74, 6) is 0. The first-order valence-electron chi connectivity index (χ1n) is 2.74. The van der Waals surface area contributed by atoms with Gasteiger partial charge in [-0.2, -0.15) is 0 Å². The van der Waals surface area contributed by atoms with E-state index in [2.05, 4.69) is 0 Å². The second-order valence-corrected chi connectivity index (χ2v) is 2.36. The van der Waals surface area contributed by atoms with E-state index in [1.165, 1.54) is 0 Å². The van der Waals surface area contributed by atoms with Gasteiger partial charge in [-0.05, 0) is 0 Å². The van der Waals surface area contributed by atoms with Crippen LogP contribution in [0, 0.1) is 0 Å². The van der Waals surface area contributed by atoms with E-state index < -0.39 is 11.7 Å². The lowest BCUT2D eigenvalue weighted by Gasteiger charge is -2.40. The van der Waals surface area contributed by atoms with Crippen LogP contribution in [0.4, 0.5) is 4.79 Å². The van der Waals surface area contributed by atoms with Gasteiger partial charge in [0.25, 0.3) is 0 Å². The van der Waals surface area contributed by atoms with E-state index in [1.807, 2.05) is 0 Å². The number of β-amino-alcohol motifs (C(OH)–C–C–N with tert-alkyl or cyclic N) is 1. The SMILES string of the molecule is O=CC1(O)CN(C(=O)O)C1. The number of carbonyl (C=O) groups excluding carboxylic acids is 1. The van der Waals surface area contributed by atoms with E-state index in [0.29, 0.717) is 6.29 Å². The first-order chi connectivity index (χ1) is 4.57. The molecule has 56 valence electrons. The van der Waals surface area contributed by atoms with Gasteiger partial charge in [0.15, 0.2) is 11.9 Å². The molecule has 0 aromatic carbocycles. The molecule has 0 aromatic heterocycles. The summed E-state index contributed by atoms with van der Waals surface area (Å²) in [6.45, 7) is -0.211. The Morgan fingerprint density at radius 1 is 1.60 bits per heavy atom. The Hall–Kier alpha value is -1.10. The number of aldehydes is 1. The molecule has 1 fully saturated rings. The van der Waals surface area contributed by atoms with E-state index in [4.69, 9.17) is 10.2 Å². The largest absolute Gasteiger partial charge is 0.465 e. The maximum Gasteiger partial charge on any atom is 0.407 e. The highest BCUT2D eigenvalue weighted by atomic mass is 16.4. The highest BCUT2D eigenvalue weighted by Gasteiger charge is 2.43. The number of rotatable bonds is 1. The molecule has 0 saturated carbocycles. The summed E-state index contributed by atoms with van der Waals surface area (Å²) in [6, 6.07) is 0. The van der Waals surface area contributed by atoms with Gasteiger partial charge in [-0.3, -0.25) is 4.79 Å². The fourth-order valence-corrected chi connectivity index (χ4v) is 0.825. The Balaban J connectivity index is 2.43. The minimum atomic E-state index is -1.42. The summed E-state index contributed by atoms with van der Waals surface area (Å²) in [7, 11) is 0. The van der Waals surface area contributed by atoms with Gasteiger partial charge in [0.2, 0.25) is 0 Å². The molecule has 0 aliphatic carbocycles. The number of likely N-dealkylation sites (tertiary alicyclic amines) is 1. The summed E-state index contributed by atoms with van der Waals surface area (Å²) in [6.07, 6.45) is -0.738. The zero-order chi connectivity index (χ0) is 7.78. The Kier molecular flexibility index (Phi) is 1.37. The number of amides is 1. The normalized spacial score (nSPS) is 21.5. The van der Waals surface area contributed by atoms with Crippen LogP contribution in [-0.4, -0.2) is 46.2 Å². The van der Waals surface area contributed by atoms with Crippen molar-refractivity contribution < 1.29 is 19.8 Å². The summed E-state index contributed by atoms with van der Waals surface area (Å²) in [5.41, 5.74) is -1.42. The topological polar surface area (TPSA) is 77.8 Å². The Bertz CT molecular complexity index is 172. The van der Waals surface area contributed by atoms with Gasteiger partial charge in [-0.1, -0.05) is 0 Å². The molecule has 1 heterocycles. The third-order valence-electron chi connectivity index (χ3n) is 1.42. The molecule has 2 N–H and O–H groups in total. The van der Waals surface area contributed by atoms with E-state index in [9.17, 15) is 9.59 Å². The van der Waals surface area contributed by atoms with Crippen molar-refractivity contribution in [3.63, 3.8) is 0 Å². The van der Waals surface area contributed by atoms with Crippen LogP contribution >= 0.6 is 0 Å². The minimum absolute atomic E-state index is 0.105. The monoisotopic (exact) mass is 145 g/mol. The second-order valence-electron chi connectivity index (χ2n) is 2.36. The molecule has 1 aliphatic heterocycles. The smallest absolute Gasteiger partial charge is 0.407 e.